The minimum atomic E-state index is -0.568. The fraction of sp³-hybridized carbons (Fsp3) is 0.292. The van der Waals surface area contributed by atoms with E-state index in [0.29, 0.717) is 13.1 Å². The van der Waals surface area contributed by atoms with Gasteiger partial charge in [-0.05, 0) is 11.5 Å². The Hall–Kier alpha value is -3.41. The van der Waals surface area contributed by atoms with E-state index in [1.54, 1.807) is 0 Å². The average molecular weight is 405 g/mol. The van der Waals surface area contributed by atoms with E-state index in [4.69, 9.17) is 5.10 Å². The summed E-state index contributed by atoms with van der Waals surface area (Å²) < 4.78 is 1.90. The Balaban J connectivity index is 1.81. The molecule has 0 aliphatic rings. The maximum Gasteiger partial charge on any atom is 0.243 e. The molecule has 1 heterocycles. The van der Waals surface area contributed by atoms with E-state index in [2.05, 4.69) is 22.8 Å². The molecule has 3 rings (SSSR count). The van der Waals surface area contributed by atoms with E-state index in [9.17, 15) is 9.59 Å². The van der Waals surface area contributed by atoms with Crippen LogP contribution in [0.3, 0.4) is 0 Å². The summed E-state index contributed by atoms with van der Waals surface area (Å²) in [6.07, 6.45) is 1.97. The monoisotopic (exact) mass is 404 g/mol. The van der Waals surface area contributed by atoms with Crippen LogP contribution >= 0.6 is 0 Å². The van der Waals surface area contributed by atoms with Crippen LogP contribution in [0.15, 0.2) is 66.9 Å². The van der Waals surface area contributed by atoms with Crippen molar-refractivity contribution in [1.29, 1.82) is 0 Å². The molecule has 0 radical (unpaired) electrons. The van der Waals surface area contributed by atoms with Gasteiger partial charge >= 0.3 is 0 Å². The van der Waals surface area contributed by atoms with Crippen molar-refractivity contribution in [2.45, 2.75) is 39.9 Å². The number of carbonyl (C=O) groups is 2. The Kier molecular flexibility index (Phi) is 7.01. The van der Waals surface area contributed by atoms with E-state index in [0.717, 1.165) is 22.4 Å². The highest BCUT2D eigenvalue weighted by Gasteiger charge is 2.23. The molecule has 0 saturated carbocycles. The molecule has 0 bridgehead atoms. The van der Waals surface area contributed by atoms with E-state index in [1.807, 2.05) is 73.3 Å². The number of benzene rings is 2. The number of aromatic nitrogens is 2. The van der Waals surface area contributed by atoms with Gasteiger partial charge in [0.1, 0.15) is 6.04 Å². The van der Waals surface area contributed by atoms with Gasteiger partial charge in [-0.3, -0.25) is 14.3 Å². The summed E-state index contributed by atoms with van der Waals surface area (Å²) in [5.74, 6) is -0.428. The normalized spacial score (nSPS) is 11.9. The number of hydrogen-bond donors (Lipinski definition) is 2. The molecule has 1 unspecified atom stereocenters. The Bertz CT molecular complexity index is 981. The predicted octanol–water partition coefficient (Wildman–Crippen LogP) is 3.38. The summed E-state index contributed by atoms with van der Waals surface area (Å²) in [5, 5.41) is 10.5. The number of hydrogen-bond acceptors (Lipinski definition) is 3. The third-order valence-electron chi connectivity index (χ3n) is 4.83. The van der Waals surface area contributed by atoms with Crippen LogP contribution < -0.4 is 10.6 Å². The Morgan fingerprint density at radius 1 is 1.00 bits per heavy atom. The van der Waals surface area contributed by atoms with Crippen molar-refractivity contribution in [3.8, 4) is 11.3 Å². The third kappa shape index (κ3) is 5.56. The third-order valence-corrected chi connectivity index (χ3v) is 4.83. The van der Waals surface area contributed by atoms with Crippen LogP contribution in [0.5, 0.6) is 0 Å². The van der Waals surface area contributed by atoms with Crippen molar-refractivity contribution in [3.63, 3.8) is 0 Å². The first kappa shape index (κ1) is 21.3. The molecule has 2 aromatic carbocycles. The molecule has 3 aromatic rings. The molecule has 2 amide bonds. The summed E-state index contributed by atoms with van der Waals surface area (Å²) in [4.78, 5) is 24.1. The van der Waals surface area contributed by atoms with Crippen LogP contribution in [-0.4, -0.2) is 27.6 Å². The lowest BCUT2D eigenvalue weighted by Gasteiger charge is -2.20. The zero-order valence-corrected chi connectivity index (χ0v) is 17.6. The molecule has 30 heavy (non-hydrogen) atoms. The molecule has 6 heteroatoms. The van der Waals surface area contributed by atoms with Gasteiger partial charge in [0.05, 0.1) is 12.2 Å². The fourth-order valence-electron chi connectivity index (χ4n) is 3.33. The van der Waals surface area contributed by atoms with Gasteiger partial charge in [-0.1, -0.05) is 74.5 Å². The lowest BCUT2D eigenvalue weighted by atomic mass is 10.0. The van der Waals surface area contributed by atoms with Crippen molar-refractivity contribution in [2.24, 2.45) is 5.92 Å². The minimum Gasteiger partial charge on any atom is -0.350 e. The van der Waals surface area contributed by atoms with E-state index >= 15 is 0 Å². The van der Waals surface area contributed by atoms with Gasteiger partial charge in [0.15, 0.2) is 0 Å². The quantitative estimate of drug-likeness (QED) is 0.604. The van der Waals surface area contributed by atoms with Gasteiger partial charge in [-0.2, -0.15) is 5.10 Å². The molecular weight excluding hydrogens is 376 g/mol. The first-order chi connectivity index (χ1) is 14.4. The largest absolute Gasteiger partial charge is 0.350 e. The first-order valence-electron chi connectivity index (χ1n) is 10.1. The first-order valence-corrected chi connectivity index (χ1v) is 10.1. The van der Waals surface area contributed by atoms with E-state index < -0.39 is 6.04 Å². The average Bonchev–Trinajstić information content (AvgIpc) is 3.14. The molecule has 0 aliphatic carbocycles. The SMILES string of the molecule is CC(=O)NC(C(=O)NCc1cn(Cc2ccccc2)nc1-c1ccccc1)C(C)C. The smallest absolute Gasteiger partial charge is 0.243 e. The summed E-state index contributed by atoms with van der Waals surface area (Å²) in [7, 11) is 0. The molecular formula is C24H28N4O2. The predicted molar refractivity (Wildman–Crippen MR) is 117 cm³/mol. The molecule has 156 valence electrons. The van der Waals surface area contributed by atoms with Gasteiger partial charge in [0.2, 0.25) is 11.8 Å². The molecule has 1 aromatic heterocycles. The second-order valence-electron chi connectivity index (χ2n) is 7.69. The van der Waals surface area contributed by atoms with Crippen LogP contribution in [0.2, 0.25) is 0 Å². The van der Waals surface area contributed by atoms with Crippen LogP contribution in [0.25, 0.3) is 11.3 Å². The minimum absolute atomic E-state index is 0.0108. The maximum atomic E-state index is 12.7. The van der Waals surface area contributed by atoms with Gasteiger partial charge in [0, 0.05) is 30.8 Å². The van der Waals surface area contributed by atoms with Crippen LogP contribution in [-0.2, 0) is 22.7 Å². The number of nitrogens with one attached hydrogen (secondary N) is 2. The molecule has 0 spiro atoms. The number of nitrogens with zero attached hydrogens (tertiary/aromatic N) is 2. The standard InChI is InChI=1S/C24H28N4O2/c1-17(2)22(26-18(3)29)24(30)25-14-21-16-28(15-19-10-6-4-7-11-19)27-23(21)20-12-8-5-9-13-20/h4-13,16-17,22H,14-15H2,1-3H3,(H,25,30)(H,26,29). The van der Waals surface area contributed by atoms with Crippen molar-refractivity contribution < 1.29 is 9.59 Å². The highest BCUT2D eigenvalue weighted by atomic mass is 16.2. The zero-order chi connectivity index (χ0) is 21.5. The number of rotatable bonds is 8. The Morgan fingerprint density at radius 3 is 2.23 bits per heavy atom. The number of amides is 2. The molecule has 1 atom stereocenters. The van der Waals surface area contributed by atoms with Crippen molar-refractivity contribution in [3.05, 3.63) is 78.0 Å². The number of carbonyl (C=O) groups excluding carboxylic acids is 2. The topological polar surface area (TPSA) is 76.0 Å². The van der Waals surface area contributed by atoms with E-state index in [-0.39, 0.29) is 17.7 Å². The van der Waals surface area contributed by atoms with Gasteiger partial charge < -0.3 is 10.6 Å². The second kappa shape index (κ2) is 9.87. The van der Waals surface area contributed by atoms with Crippen molar-refractivity contribution in [1.82, 2.24) is 20.4 Å². The molecule has 0 aliphatic heterocycles. The van der Waals surface area contributed by atoms with Gasteiger partial charge in [0.25, 0.3) is 0 Å². The lowest BCUT2D eigenvalue weighted by molar-refractivity contribution is -0.129. The molecule has 0 fully saturated rings. The second-order valence-corrected chi connectivity index (χ2v) is 7.69. The highest BCUT2D eigenvalue weighted by Crippen LogP contribution is 2.22. The summed E-state index contributed by atoms with van der Waals surface area (Å²) >= 11 is 0. The molecule has 2 N–H and O–H groups in total. The van der Waals surface area contributed by atoms with Crippen LogP contribution in [0.1, 0.15) is 31.9 Å². The maximum absolute atomic E-state index is 12.7. The van der Waals surface area contributed by atoms with E-state index in [1.165, 1.54) is 6.92 Å². The molecule has 0 saturated heterocycles. The van der Waals surface area contributed by atoms with Crippen molar-refractivity contribution >= 4 is 11.8 Å². The van der Waals surface area contributed by atoms with Crippen molar-refractivity contribution in [2.75, 3.05) is 0 Å². The fourth-order valence-corrected chi connectivity index (χ4v) is 3.33. The summed E-state index contributed by atoms with van der Waals surface area (Å²) in [6, 6.07) is 19.5. The molecule has 6 nitrogen and oxygen atoms in total. The van der Waals surface area contributed by atoms with Gasteiger partial charge in [-0.15, -0.1) is 0 Å². The zero-order valence-electron chi connectivity index (χ0n) is 17.6. The van der Waals surface area contributed by atoms with Crippen LogP contribution in [0.4, 0.5) is 0 Å². The summed E-state index contributed by atoms with van der Waals surface area (Å²) in [5.41, 5.74) is 3.92. The Morgan fingerprint density at radius 2 is 1.63 bits per heavy atom. The lowest BCUT2D eigenvalue weighted by Crippen LogP contribution is -2.48. The Labute approximate surface area is 177 Å². The van der Waals surface area contributed by atoms with Gasteiger partial charge in [-0.25, -0.2) is 0 Å². The highest BCUT2D eigenvalue weighted by molar-refractivity contribution is 5.87. The van der Waals surface area contributed by atoms with Crippen LogP contribution in [0, 0.1) is 5.92 Å². The summed E-state index contributed by atoms with van der Waals surface area (Å²) in [6.45, 7) is 6.22.